The van der Waals surface area contributed by atoms with Crippen LogP contribution < -0.4 is 0 Å². The van der Waals surface area contributed by atoms with Gasteiger partial charge in [0.15, 0.2) is 0 Å². The van der Waals surface area contributed by atoms with Crippen LogP contribution in [0.2, 0.25) is 0 Å². The summed E-state index contributed by atoms with van der Waals surface area (Å²) in [4.78, 5) is 14.0. The van der Waals surface area contributed by atoms with Gasteiger partial charge in [-0.15, -0.1) is 11.8 Å². The lowest BCUT2D eigenvalue weighted by Gasteiger charge is -2.19. The van der Waals surface area contributed by atoms with Gasteiger partial charge in [0.1, 0.15) is 5.76 Å². The van der Waals surface area contributed by atoms with E-state index in [2.05, 4.69) is 0 Å². The monoisotopic (exact) mass is 251 g/mol. The second-order valence-corrected chi connectivity index (χ2v) is 6.07. The zero-order chi connectivity index (χ0) is 11.7. The Morgan fingerprint density at radius 3 is 2.94 bits per heavy atom. The van der Waals surface area contributed by atoms with E-state index in [9.17, 15) is 4.79 Å². The highest BCUT2D eigenvalue weighted by Crippen LogP contribution is 2.36. The highest BCUT2D eigenvalue weighted by molar-refractivity contribution is 7.99. The molecule has 0 radical (unpaired) electrons. The van der Waals surface area contributed by atoms with Crippen LogP contribution in [-0.4, -0.2) is 29.6 Å². The summed E-state index contributed by atoms with van der Waals surface area (Å²) in [5.74, 6) is 2.80. The number of thioether (sulfide) groups is 1. The Bertz CT molecular complexity index is 386. The second kappa shape index (κ2) is 4.77. The minimum atomic E-state index is 0.347. The van der Waals surface area contributed by atoms with Gasteiger partial charge >= 0.3 is 0 Å². The fourth-order valence-corrected chi connectivity index (χ4v) is 3.46. The van der Waals surface area contributed by atoms with E-state index >= 15 is 0 Å². The third-order valence-electron chi connectivity index (χ3n) is 3.44. The van der Waals surface area contributed by atoms with Crippen molar-refractivity contribution in [1.82, 2.24) is 4.90 Å². The minimum absolute atomic E-state index is 0.347. The first-order chi connectivity index (χ1) is 8.34. The Labute approximate surface area is 106 Å². The van der Waals surface area contributed by atoms with Crippen molar-refractivity contribution in [3.63, 3.8) is 0 Å². The number of hydrogen-bond donors (Lipinski definition) is 0. The topological polar surface area (TPSA) is 33.5 Å². The normalized spacial score (nSPS) is 25.6. The molecule has 17 heavy (non-hydrogen) atoms. The standard InChI is InChI=1S/C13H17NO2S/c15-13(10-3-4-10)14-6-5-12(17-9-7-14)11-2-1-8-16-11/h1-2,8,10,12H,3-7,9H2/t12-/m1/s1. The lowest BCUT2D eigenvalue weighted by Crippen LogP contribution is -2.34. The van der Waals surface area contributed by atoms with Crippen LogP contribution in [0.1, 0.15) is 30.3 Å². The van der Waals surface area contributed by atoms with E-state index in [-0.39, 0.29) is 0 Å². The van der Waals surface area contributed by atoms with Crippen molar-refractivity contribution in [2.75, 3.05) is 18.8 Å². The van der Waals surface area contributed by atoms with E-state index < -0.39 is 0 Å². The quantitative estimate of drug-likeness (QED) is 0.810. The van der Waals surface area contributed by atoms with Gasteiger partial charge in [-0.2, -0.15) is 0 Å². The molecule has 2 aliphatic rings. The molecule has 1 aliphatic heterocycles. The second-order valence-electron chi connectivity index (χ2n) is 4.76. The molecule has 2 fully saturated rings. The molecule has 92 valence electrons. The van der Waals surface area contributed by atoms with Crippen molar-refractivity contribution < 1.29 is 9.21 Å². The molecule has 0 unspecified atom stereocenters. The van der Waals surface area contributed by atoms with Crippen molar-refractivity contribution in [2.45, 2.75) is 24.5 Å². The van der Waals surface area contributed by atoms with Crippen molar-refractivity contribution in [2.24, 2.45) is 5.92 Å². The number of hydrogen-bond acceptors (Lipinski definition) is 3. The summed E-state index contributed by atoms with van der Waals surface area (Å²) in [6.45, 7) is 1.78. The summed E-state index contributed by atoms with van der Waals surface area (Å²) in [5.41, 5.74) is 0. The molecule has 1 aromatic rings. The van der Waals surface area contributed by atoms with E-state index in [0.29, 0.717) is 17.1 Å². The van der Waals surface area contributed by atoms with E-state index in [1.165, 1.54) is 0 Å². The molecule has 1 saturated heterocycles. The summed E-state index contributed by atoms with van der Waals surface area (Å²) in [6, 6.07) is 3.98. The SMILES string of the molecule is O=C(C1CC1)N1CCS[C@@H](c2ccco2)CC1. The molecule has 0 N–H and O–H groups in total. The highest BCUT2D eigenvalue weighted by atomic mass is 32.2. The Balaban J connectivity index is 1.61. The average Bonchev–Trinajstić information content (AvgIpc) is 3.11. The molecule has 1 saturated carbocycles. The fraction of sp³-hybridized carbons (Fsp3) is 0.615. The molecule has 0 spiro atoms. The minimum Gasteiger partial charge on any atom is -0.468 e. The van der Waals surface area contributed by atoms with Crippen LogP contribution >= 0.6 is 11.8 Å². The number of nitrogens with zero attached hydrogens (tertiary/aromatic N) is 1. The van der Waals surface area contributed by atoms with Gasteiger partial charge in [-0.3, -0.25) is 4.79 Å². The number of rotatable bonds is 2. The van der Waals surface area contributed by atoms with Crippen LogP contribution in [0.15, 0.2) is 22.8 Å². The molecule has 1 aromatic heterocycles. The van der Waals surface area contributed by atoms with Crippen LogP contribution in [0.25, 0.3) is 0 Å². The first-order valence-corrected chi connectivity index (χ1v) is 7.33. The van der Waals surface area contributed by atoms with Crippen molar-refractivity contribution in [3.8, 4) is 0 Å². The Kier molecular flexibility index (Phi) is 3.14. The van der Waals surface area contributed by atoms with Crippen molar-refractivity contribution in [1.29, 1.82) is 0 Å². The number of carbonyl (C=O) groups is 1. The molecule has 1 aliphatic carbocycles. The lowest BCUT2D eigenvalue weighted by molar-refractivity contribution is -0.132. The summed E-state index contributed by atoms with van der Waals surface area (Å²) in [6.07, 6.45) is 4.94. The fourth-order valence-electron chi connectivity index (χ4n) is 2.28. The van der Waals surface area contributed by atoms with Crippen LogP contribution in [0.4, 0.5) is 0 Å². The Morgan fingerprint density at radius 2 is 2.24 bits per heavy atom. The molecule has 2 heterocycles. The first-order valence-electron chi connectivity index (χ1n) is 6.28. The predicted molar refractivity (Wildman–Crippen MR) is 67.8 cm³/mol. The molecule has 1 atom stereocenters. The van der Waals surface area contributed by atoms with Gasteiger partial charge < -0.3 is 9.32 Å². The van der Waals surface area contributed by atoms with E-state index in [4.69, 9.17) is 4.42 Å². The highest BCUT2D eigenvalue weighted by Gasteiger charge is 2.34. The first kappa shape index (κ1) is 11.2. The summed E-state index contributed by atoms with van der Waals surface area (Å²) < 4.78 is 5.46. The van der Waals surface area contributed by atoms with Gasteiger partial charge in [0.2, 0.25) is 5.91 Å². The van der Waals surface area contributed by atoms with Crippen LogP contribution in [0.5, 0.6) is 0 Å². The molecular weight excluding hydrogens is 234 g/mol. The summed E-state index contributed by atoms with van der Waals surface area (Å²) in [7, 11) is 0. The maximum Gasteiger partial charge on any atom is 0.225 e. The summed E-state index contributed by atoms with van der Waals surface area (Å²) in [5, 5.41) is 0.419. The third-order valence-corrected chi connectivity index (χ3v) is 4.73. The zero-order valence-corrected chi connectivity index (χ0v) is 10.6. The van der Waals surface area contributed by atoms with E-state index in [0.717, 1.165) is 43.9 Å². The average molecular weight is 251 g/mol. The van der Waals surface area contributed by atoms with Gasteiger partial charge in [-0.25, -0.2) is 0 Å². The molecule has 0 aromatic carbocycles. The van der Waals surface area contributed by atoms with E-state index in [1.807, 2.05) is 28.8 Å². The maximum atomic E-state index is 12.0. The predicted octanol–water partition coefficient (Wildman–Crippen LogP) is 2.70. The number of amides is 1. The van der Waals surface area contributed by atoms with Crippen molar-refractivity contribution >= 4 is 17.7 Å². The third kappa shape index (κ3) is 2.51. The van der Waals surface area contributed by atoms with Crippen LogP contribution in [0.3, 0.4) is 0 Å². The Hall–Kier alpha value is -0.900. The Morgan fingerprint density at radius 1 is 1.35 bits per heavy atom. The van der Waals surface area contributed by atoms with E-state index in [1.54, 1.807) is 6.26 Å². The molecule has 0 bridgehead atoms. The van der Waals surface area contributed by atoms with Gasteiger partial charge in [0.25, 0.3) is 0 Å². The number of carbonyl (C=O) groups excluding carboxylic acids is 1. The van der Waals surface area contributed by atoms with Gasteiger partial charge in [-0.05, 0) is 31.4 Å². The molecule has 1 amide bonds. The molecule has 3 rings (SSSR count). The molecule has 3 nitrogen and oxygen atoms in total. The van der Waals surface area contributed by atoms with Crippen molar-refractivity contribution in [3.05, 3.63) is 24.2 Å². The van der Waals surface area contributed by atoms with Crippen LogP contribution in [0, 0.1) is 5.92 Å². The van der Waals surface area contributed by atoms with Crippen LogP contribution in [-0.2, 0) is 4.79 Å². The zero-order valence-electron chi connectivity index (χ0n) is 9.80. The molecule has 4 heteroatoms. The molecular formula is C13H17NO2S. The summed E-state index contributed by atoms with van der Waals surface area (Å²) >= 11 is 1.91. The van der Waals surface area contributed by atoms with Gasteiger partial charge in [-0.1, -0.05) is 0 Å². The number of furan rings is 1. The smallest absolute Gasteiger partial charge is 0.225 e. The lowest BCUT2D eigenvalue weighted by atomic mass is 10.2. The maximum absolute atomic E-state index is 12.0. The van der Waals surface area contributed by atoms with Gasteiger partial charge in [0.05, 0.1) is 11.5 Å². The largest absolute Gasteiger partial charge is 0.468 e. The van der Waals surface area contributed by atoms with Gasteiger partial charge in [0, 0.05) is 24.8 Å².